The van der Waals surface area contributed by atoms with E-state index in [1.54, 1.807) is 22.9 Å². The first-order valence-corrected chi connectivity index (χ1v) is 14.6. The van der Waals surface area contributed by atoms with Crippen molar-refractivity contribution in [2.75, 3.05) is 44.7 Å². The molecule has 41 heavy (non-hydrogen) atoms. The topological polar surface area (TPSA) is 112 Å². The lowest BCUT2D eigenvalue weighted by Crippen LogP contribution is -2.52. The number of pyridine rings is 1. The molecule has 2 aliphatic heterocycles. The molecule has 4 rings (SSSR count). The predicted molar refractivity (Wildman–Crippen MR) is 162 cm³/mol. The van der Waals surface area contributed by atoms with Gasteiger partial charge in [0.05, 0.1) is 12.5 Å². The van der Waals surface area contributed by atoms with E-state index >= 15 is 0 Å². The van der Waals surface area contributed by atoms with Crippen LogP contribution in [0.1, 0.15) is 76.2 Å². The van der Waals surface area contributed by atoms with Crippen LogP contribution in [0.2, 0.25) is 0 Å². The Morgan fingerprint density at radius 3 is 2.32 bits per heavy atom. The zero-order chi connectivity index (χ0) is 30.4. The molecule has 1 saturated heterocycles. The predicted octanol–water partition coefficient (Wildman–Crippen LogP) is 4.62. The third kappa shape index (κ3) is 10.8. The molecule has 2 atom stereocenters. The molecule has 2 aliphatic rings. The van der Waals surface area contributed by atoms with Crippen molar-refractivity contribution in [1.82, 2.24) is 14.8 Å². The standard InChI is InChI=1S/C14H20N2O2.C13H16N2O2.C5H12O/c1-9(2)5-7-18-12-4-6-15-14-13(12)11(8-16-14)10(3)17;1-11-9-14(7-8-15(11)10-16)13(17)12-5-3-2-4-6-12;1-5(2)3-4-6/h4,6,9,11H,5,7-8H2,1-3H3,(H,15,16);2-6,10-11H,7-9H2,1H3;5-6H,3-4H2,1-2H3. The molecule has 2 amide bonds. The van der Waals surface area contributed by atoms with Crippen molar-refractivity contribution in [2.45, 2.75) is 66.3 Å². The van der Waals surface area contributed by atoms with E-state index in [-0.39, 0.29) is 23.7 Å². The van der Waals surface area contributed by atoms with Gasteiger partial charge in [-0.3, -0.25) is 14.4 Å². The van der Waals surface area contributed by atoms with Gasteiger partial charge in [-0.25, -0.2) is 4.98 Å². The Morgan fingerprint density at radius 1 is 1.10 bits per heavy atom. The van der Waals surface area contributed by atoms with E-state index in [2.05, 4.69) is 38.0 Å². The molecule has 2 aromatic rings. The van der Waals surface area contributed by atoms with Gasteiger partial charge < -0.3 is 25.0 Å². The summed E-state index contributed by atoms with van der Waals surface area (Å²) < 4.78 is 5.81. The molecule has 0 saturated carbocycles. The lowest BCUT2D eigenvalue weighted by Gasteiger charge is -2.37. The molecular formula is C32H48N4O5. The molecule has 9 heteroatoms. The number of piperazine rings is 1. The molecule has 0 radical (unpaired) electrons. The van der Waals surface area contributed by atoms with E-state index < -0.39 is 0 Å². The number of carbonyl (C=O) groups excluding carboxylic acids is 3. The summed E-state index contributed by atoms with van der Waals surface area (Å²) in [5, 5.41) is 11.4. The summed E-state index contributed by atoms with van der Waals surface area (Å²) in [5.41, 5.74) is 1.63. The van der Waals surface area contributed by atoms with Gasteiger partial charge in [0, 0.05) is 56.2 Å². The molecule has 2 unspecified atom stereocenters. The molecule has 2 N–H and O–H groups in total. The largest absolute Gasteiger partial charge is 0.493 e. The first-order valence-electron chi connectivity index (χ1n) is 14.6. The van der Waals surface area contributed by atoms with Crippen molar-refractivity contribution in [3.05, 3.63) is 53.7 Å². The summed E-state index contributed by atoms with van der Waals surface area (Å²) in [6.45, 7) is 15.6. The summed E-state index contributed by atoms with van der Waals surface area (Å²) in [6.07, 6.45) is 4.52. The third-order valence-corrected chi connectivity index (χ3v) is 7.04. The van der Waals surface area contributed by atoms with E-state index in [9.17, 15) is 14.4 Å². The van der Waals surface area contributed by atoms with Crippen molar-refractivity contribution in [3.8, 4) is 5.75 Å². The Bertz CT molecular complexity index is 1090. The second-order valence-corrected chi connectivity index (χ2v) is 11.4. The fourth-order valence-electron chi connectivity index (χ4n) is 4.45. The highest BCUT2D eigenvalue weighted by Gasteiger charge is 2.30. The molecule has 0 spiro atoms. The number of fused-ring (bicyclic) bond motifs is 1. The van der Waals surface area contributed by atoms with E-state index in [4.69, 9.17) is 9.84 Å². The van der Waals surface area contributed by atoms with Crippen LogP contribution >= 0.6 is 0 Å². The molecular weight excluding hydrogens is 520 g/mol. The number of nitrogens with one attached hydrogen (secondary N) is 1. The van der Waals surface area contributed by atoms with E-state index in [0.29, 0.717) is 56.8 Å². The monoisotopic (exact) mass is 568 g/mol. The smallest absolute Gasteiger partial charge is 0.253 e. The number of amides is 2. The fraction of sp³-hybridized carbons (Fsp3) is 0.562. The van der Waals surface area contributed by atoms with Crippen LogP contribution in [0.15, 0.2) is 42.6 Å². The van der Waals surface area contributed by atoms with Crippen LogP contribution < -0.4 is 10.1 Å². The van der Waals surface area contributed by atoms with Crippen molar-refractivity contribution in [3.63, 3.8) is 0 Å². The van der Waals surface area contributed by atoms with Crippen LogP contribution in [0.3, 0.4) is 0 Å². The van der Waals surface area contributed by atoms with Crippen LogP contribution in [-0.4, -0.2) is 83.4 Å². The molecule has 226 valence electrons. The van der Waals surface area contributed by atoms with Crippen molar-refractivity contribution < 1.29 is 24.2 Å². The van der Waals surface area contributed by atoms with E-state index in [0.717, 1.165) is 36.4 Å². The van der Waals surface area contributed by atoms with Crippen molar-refractivity contribution in [2.24, 2.45) is 11.8 Å². The number of ether oxygens (including phenoxy) is 1. The van der Waals surface area contributed by atoms with Crippen LogP contribution in [0.5, 0.6) is 5.75 Å². The van der Waals surface area contributed by atoms with Gasteiger partial charge in [-0.05, 0) is 56.7 Å². The van der Waals surface area contributed by atoms with Gasteiger partial charge in [-0.15, -0.1) is 0 Å². The Balaban J connectivity index is 0.000000241. The minimum atomic E-state index is -0.122. The number of ketones is 1. The van der Waals surface area contributed by atoms with Crippen molar-refractivity contribution >= 4 is 23.9 Å². The zero-order valence-corrected chi connectivity index (χ0v) is 25.5. The number of hydrogen-bond donors (Lipinski definition) is 2. The van der Waals surface area contributed by atoms with Crippen LogP contribution in [0.25, 0.3) is 0 Å². The quantitative estimate of drug-likeness (QED) is 0.425. The average Bonchev–Trinajstić information content (AvgIpc) is 3.39. The number of benzene rings is 1. The minimum absolute atomic E-state index is 0.0444. The lowest BCUT2D eigenvalue weighted by molar-refractivity contribution is -0.121. The molecule has 9 nitrogen and oxygen atoms in total. The minimum Gasteiger partial charge on any atom is -0.493 e. The Hall–Kier alpha value is -3.46. The van der Waals surface area contributed by atoms with E-state index in [1.807, 2.05) is 43.3 Å². The Labute approximate surface area is 245 Å². The highest BCUT2D eigenvalue weighted by Crippen LogP contribution is 2.37. The maximum absolute atomic E-state index is 12.2. The molecule has 3 heterocycles. The summed E-state index contributed by atoms with van der Waals surface area (Å²) in [7, 11) is 0. The summed E-state index contributed by atoms with van der Waals surface area (Å²) in [5.74, 6) is 2.92. The first kappa shape index (κ1) is 33.7. The number of aliphatic hydroxyl groups is 1. The highest BCUT2D eigenvalue weighted by atomic mass is 16.5. The number of hydrogen-bond acceptors (Lipinski definition) is 7. The van der Waals surface area contributed by atoms with Crippen LogP contribution in [0.4, 0.5) is 5.82 Å². The average molecular weight is 569 g/mol. The van der Waals surface area contributed by atoms with Gasteiger partial charge in [0.25, 0.3) is 5.91 Å². The molecule has 0 bridgehead atoms. The number of anilines is 1. The van der Waals surface area contributed by atoms with Gasteiger partial charge in [-0.1, -0.05) is 45.9 Å². The number of aliphatic hydroxyl groups excluding tert-OH is 1. The number of nitrogens with zero attached hydrogens (tertiary/aromatic N) is 3. The molecule has 1 aromatic carbocycles. The van der Waals surface area contributed by atoms with Gasteiger partial charge in [0.1, 0.15) is 17.4 Å². The summed E-state index contributed by atoms with van der Waals surface area (Å²) in [6, 6.07) is 11.2. The van der Waals surface area contributed by atoms with Gasteiger partial charge in [-0.2, -0.15) is 0 Å². The van der Waals surface area contributed by atoms with Gasteiger partial charge in [0.2, 0.25) is 6.41 Å². The molecule has 1 aromatic heterocycles. The third-order valence-electron chi connectivity index (χ3n) is 7.04. The maximum Gasteiger partial charge on any atom is 0.253 e. The SMILES string of the molecule is CC(=O)C1CNc2nccc(OCCC(C)C)c21.CC(C)CCO.CC1CN(C(=O)c2ccccc2)CCN1C=O. The van der Waals surface area contributed by atoms with Crippen molar-refractivity contribution in [1.29, 1.82) is 0 Å². The number of rotatable bonds is 9. The van der Waals surface area contributed by atoms with Gasteiger partial charge in [0.15, 0.2) is 0 Å². The van der Waals surface area contributed by atoms with Crippen LogP contribution in [0, 0.1) is 11.8 Å². The highest BCUT2D eigenvalue weighted by molar-refractivity contribution is 5.94. The Kier molecular flexibility index (Phi) is 14.3. The maximum atomic E-state index is 12.2. The fourth-order valence-corrected chi connectivity index (χ4v) is 4.45. The summed E-state index contributed by atoms with van der Waals surface area (Å²) in [4.78, 5) is 42.3. The number of aromatic nitrogens is 1. The second kappa shape index (κ2) is 17.4. The molecule has 0 aliphatic carbocycles. The molecule has 1 fully saturated rings. The number of Topliss-reactive ketones (excluding diaryl/α,β-unsaturated/α-hetero) is 1. The first-order chi connectivity index (χ1) is 19.6. The lowest BCUT2D eigenvalue weighted by atomic mass is 9.98. The number of carbonyl (C=O) groups is 3. The Morgan fingerprint density at radius 2 is 1.78 bits per heavy atom. The second-order valence-electron chi connectivity index (χ2n) is 11.4. The zero-order valence-electron chi connectivity index (χ0n) is 25.5. The normalized spacial score (nSPS) is 17.5. The van der Waals surface area contributed by atoms with Crippen LogP contribution in [-0.2, 0) is 9.59 Å². The van der Waals surface area contributed by atoms with E-state index in [1.165, 1.54) is 0 Å². The summed E-state index contributed by atoms with van der Waals surface area (Å²) >= 11 is 0. The van der Waals surface area contributed by atoms with Gasteiger partial charge >= 0.3 is 0 Å².